The maximum Gasteiger partial charge on any atom is 0.360 e. The Morgan fingerprint density at radius 3 is 2.58 bits per heavy atom. The molecule has 1 aliphatic heterocycles. The van der Waals surface area contributed by atoms with Gasteiger partial charge in [0.1, 0.15) is 11.0 Å². The molecule has 1 N–H and O–H groups in total. The summed E-state index contributed by atoms with van der Waals surface area (Å²) in [5.41, 5.74) is -0.0302. The highest BCUT2D eigenvalue weighted by atomic mass is 35.7. The monoisotopic (exact) mass is 308 g/mol. The number of halogens is 1. The van der Waals surface area contributed by atoms with Crippen molar-refractivity contribution in [2.75, 3.05) is 13.2 Å². The lowest BCUT2D eigenvalue weighted by molar-refractivity contribution is -0.103. The predicted octanol–water partition coefficient (Wildman–Crippen LogP) is 1.02. The fraction of sp³-hybridized carbons (Fsp3) is 0.600. The van der Waals surface area contributed by atoms with Gasteiger partial charge in [-0.2, -0.15) is 5.10 Å². The first-order valence-corrected chi connectivity index (χ1v) is 7.93. The van der Waals surface area contributed by atoms with Crippen molar-refractivity contribution in [3.63, 3.8) is 0 Å². The molecule has 2 heterocycles. The van der Waals surface area contributed by atoms with Crippen LogP contribution in [-0.2, 0) is 18.5 Å². The van der Waals surface area contributed by atoms with Crippen LogP contribution in [0, 0.1) is 0 Å². The molecule has 0 aromatic carbocycles. The Morgan fingerprint density at radius 2 is 2.16 bits per heavy atom. The number of rotatable bonds is 4. The predicted molar refractivity (Wildman–Crippen MR) is 65.7 cm³/mol. The highest BCUT2D eigenvalue weighted by molar-refractivity contribution is 8.13. The van der Waals surface area contributed by atoms with Gasteiger partial charge in [-0.05, 0) is 5.92 Å². The summed E-state index contributed by atoms with van der Waals surface area (Å²) in [6.45, 7) is 4.12. The molecule has 0 bridgehead atoms. The number of nitrogens with one attached hydrogen (secondary N) is 1. The summed E-state index contributed by atoms with van der Waals surface area (Å²) in [5.74, 6) is -1.000. The van der Waals surface area contributed by atoms with Crippen molar-refractivity contribution < 1.29 is 22.7 Å². The largest absolute Gasteiger partial charge is 0.453 e. The second kappa shape index (κ2) is 5.10. The van der Waals surface area contributed by atoms with Crippen LogP contribution < -0.4 is 0 Å². The third-order valence-corrected chi connectivity index (χ3v) is 4.01. The number of H-pyrrole nitrogens is 1. The Hall–Kier alpha value is -1.12. The van der Waals surface area contributed by atoms with Crippen LogP contribution >= 0.6 is 10.7 Å². The second-order valence-corrected chi connectivity index (χ2v) is 6.98. The topological polar surface area (TPSA) is 98.3 Å². The third kappa shape index (κ3) is 2.90. The first kappa shape index (κ1) is 14.3. The molecule has 0 spiro atoms. The fourth-order valence-corrected chi connectivity index (χ4v) is 2.98. The first-order chi connectivity index (χ1) is 8.80. The average molecular weight is 309 g/mol. The smallest absolute Gasteiger partial charge is 0.360 e. The Morgan fingerprint density at radius 1 is 1.53 bits per heavy atom. The van der Waals surface area contributed by atoms with E-state index in [1.807, 2.05) is 0 Å². The SMILES string of the molecule is CC(C)c1[nH]nc(C(=O)OC2COC2)c1S(=O)(=O)Cl. The van der Waals surface area contributed by atoms with E-state index in [1.54, 1.807) is 13.8 Å². The molecular weight excluding hydrogens is 296 g/mol. The number of nitrogens with zero attached hydrogens (tertiary/aromatic N) is 1. The average Bonchev–Trinajstić information content (AvgIpc) is 2.67. The molecule has 1 aliphatic rings. The van der Waals surface area contributed by atoms with Crippen molar-refractivity contribution in [3.05, 3.63) is 11.4 Å². The van der Waals surface area contributed by atoms with E-state index in [4.69, 9.17) is 20.2 Å². The van der Waals surface area contributed by atoms with Gasteiger partial charge in [0.15, 0.2) is 5.69 Å². The van der Waals surface area contributed by atoms with Crippen molar-refractivity contribution in [1.82, 2.24) is 10.2 Å². The number of esters is 1. The highest BCUT2D eigenvalue weighted by Crippen LogP contribution is 2.28. The summed E-state index contributed by atoms with van der Waals surface area (Å²) in [7, 11) is 1.27. The summed E-state index contributed by atoms with van der Waals surface area (Å²) in [4.78, 5) is 11.6. The molecule has 0 unspecified atom stereocenters. The zero-order valence-electron chi connectivity index (χ0n) is 10.3. The van der Waals surface area contributed by atoms with Gasteiger partial charge in [-0.15, -0.1) is 0 Å². The number of ether oxygens (including phenoxy) is 2. The van der Waals surface area contributed by atoms with E-state index in [0.717, 1.165) is 0 Å². The van der Waals surface area contributed by atoms with Gasteiger partial charge in [-0.1, -0.05) is 13.8 Å². The van der Waals surface area contributed by atoms with Gasteiger partial charge in [0.25, 0.3) is 9.05 Å². The van der Waals surface area contributed by atoms with E-state index in [0.29, 0.717) is 13.2 Å². The standard InChI is InChI=1S/C10H13ClN2O5S/c1-5(2)7-9(19(11,15)16)8(13-12-7)10(14)18-6-3-17-4-6/h5-6H,3-4H2,1-2H3,(H,12,13). The quantitative estimate of drug-likeness (QED) is 0.658. The lowest BCUT2D eigenvalue weighted by atomic mass is 10.1. The molecule has 1 saturated heterocycles. The van der Waals surface area contributed by atoms with Crippen LogP contribution in [0.2, 0.25) is 0 Å². The number of carbonyl (C=O) groups excluding carboxylic acids is 1. The molecule has 0 amide bonds. The summed E-state index contributed by atoms with van der Waals surface area (Å²) in [5, 5.41) is 6.24. The van der Waals surface area contributed by atoms with Gasteiger partial charge in [0, 0.05) is 10.7 Å². The second-order valence-electron chi connectivity index (χ2n) is 4.47. The van der Waals surface area contributed by atoms with Crippen molar-refractivity contribution in [2.24, 2.45) is 0 Å². The summed E-state index contributed by atoms with van der Waals surface area (Å²) < 4.78 is 33.1. The molecule has 1 fully saturated rings. The molecule has 19 heavy (non-hydrogen) atoms. The summed E-state index contributed by atoms with van der Waals surface area (Å²) in [6.07, 6.45) is -0.363. The molecule has 0 aliphatic carbocycles. The van der Waals surface area contributed by atoms with E-state index in [1.165, 1.54) is 0 Å². The van der Waals surface area contributed by atoms with E-state index < -0.39 is 15.0 Å². The highest BCUT2D eigenvalue weighted by Gasteiger charge is 2.33. The summed E-state index contributed by atoms with van der Waals surface area (Å²) >= 11 is 0. The van der Waals surface area contributed by atoms with Gasteiger partial charge >= 0.3 is 5.97 Å². The molecular formula is C10H13ClN2O5S. The number of hydrogen-bond acceptors (Lipinski definition) is 6. The van der Waals surface area contributed by atoms with E-state index in [2.05, 4.69) is 10.2 Å². The molecule has 7 nitrogen and oxygen atoms in total. The zero-order chi connectivity index (χ0) is 14.2. The van der Waals surface area contributed by atoms with Crippen molar-refractivity contribution in [1.29, 1.82) is 0 Å². The molecule has 1 aromatic heterocycles. The molecule has 0 atom stereocenters. The lowest BCUT2D eigenvalue weighted by Gasteiger charge is -2.25. The number of hydrogen-bond donors (Lipinski definition) is 1. The normalized spacial score (nSPS) is 16.4. The van der Waals surface area contributed by atoms with Crippen molar-refractivity contribution >= 4 is 25.7 Å². The lowest BCUT2D eigenvalue weighted by Crippen LogP contribution is -2.38. The van der Waals surface area contributed by atoms with Crippen LogP contribution in [0.25, 0.3) is 0 Å². The molecule has 9 heteroatoms. The van der Waals surface area contributed by atoms with Gasteiger partial charge in [0.05, 0.1) is 18.9 Å². The maximum absolute atomic E-state index is 11.9. The Balaban J connectivity index is 2.37. The van der Waals surface area contributed by atoms with Gasteiger partial charge in [-0.25, -0.2) is 13.2 Å². The van der Waals surface area contributed by atoms with E-state index >= 15 is 0 Å². The minimum Gasteiger partial charge on any atom is -0.453 e. The van der Waals surface area contributed by atoms with Crippen LogP contribution in [0.4, 0.5) is 0 Å². The van der Waals surface area contributed by atoms with Gasteiger partial charge in [-0.3, -0.25) is 5.10 Å². The van der Waals surface area contributed by atoms with Crippen LogP contribution in [0.3, 0.4) is 0 Å². The van der Waals surface area contributed by atoms with E-state index in [-0.39, 0.29) is 28.3 Å². The van der Waals surface area contributed by atoms with Crippen LogP contribution in [0.15, 0.2) is 4.90 Å². The number of aromatic amines is 1. The van der Waals surface area contributed by atoms with Gasteiger partial charge in [0.2, 0.25) is 0 Å². The van der Waals surface area contributed by atoms with E-state index in [9.17, 15) is 13.2 Å². The minimum absolute atomic E-state index is 0.176. The molecule has 0 saturated carbocycles. The number of aromatic nitrogens is 2. The first-order valence-electron chi connectivity index (χ1n) is 5.62. The van der Waals surface area contributed by atoms with Crippen LogP contribution in [0.5, 0.6) is 0 Å². The third-order valence-electron chi connectivity index (χ3n) is 2.64. The zero-order valence-corrected chi connectivity index (χ0v) is 11.9. The van der Waals surface area contributed by atoms with Gasteiger partial charge < -0.3 is 9.47 Å². The molecule has 1 aromatic rings. The summed E-state index contributed by atoms with van der Waals surface area (Å²) in [6, 6.07) is 0. The molecule has 0 radical (unpaired) electrons. The minimum atomic E-state index is -4.09. The molecule has 2 rings (SSSR count). The number of carbonyl (C=O) groups is 1. The van der Waals surface area contributed by atoms with Crippen molar-refractivity contribution in [2.45, 2.75) is 30.8 Å². The Kier molecular flexibility index (Phi) is 3.84. The Bertz CT molecular complexity index is 591. The fourth-order valence-electron chi connectivity index (χ4n) is 1.61. The van der Waals surface area contributed by atoms with Crippen LogP contribution in [0.1, 0.15) is 35.9 Å². The van der Waals surface area contributed by atoms with Crippen molar-refractivity contribution in [3.8, 4) is 0 Å². The molecule has 106 valence electrons. The maximum atomic E-state index is 11.9. The Labute approximate surface area is 114 Å². The van der Waals surface area contributed by atoms with Crippen LogP contribution in [-0.4, -0.2) is 43.9 Å².